The molecule has 0 saturated heterocycles. The molecule has 0 aromatic heterocycles. The van der Waals surface area contributed by atoms with E-state index in [1.54, 1.807) is 6.07 Å². The van der Waals surface area contributed by atoms with E-state index in [2.05, 4.69) is 5.32 Å². The molecule has 0 aliphatic heterocycles. The maximum Gasteiger partial charge on any atom is 0.237 e. The third kappa shape index (κ3) is 3.53. The summed E-state index contributed by atoms with van der Waals surface area (Å²) in [6.07, 6.45) is 2.13. The van der Waals surface area contributed by atoms with E-state index in [1.165, 1.54) is 12.1 Å². The highest BCUT2D eigenvalue weighted by Gasteiger charge is 2.32. The van der Waals surface area contributed by atoms with E-state index >= 15 is 0 Å². The summed E-state index contributed by atoms with van der Waals surface area (Å²) in [4.78, 5) is 13.9. The molecule has 1 aromatic rings. The highest BCUT2D eigenvalue weighted by atomic mass is 19.1. The quantitative estimate of drug-likeness (QED) is 0.836. The van der Waals surface area contributed by atoms with Gasteiger partial charge >= 0.3 is 0 Å². The third-order valence-corrected chi connectivity index (χ3v) is 3.08. The molecule has 1 amide bonds. The summed E-state index contributed by atoms with van der Waals surface area (Å²) in [6, 6.07) is 6.81. The summed E-state index contributed by atoms with van der Waals surface area (Å²) in [5.74, 6) is -0.147. The highest BCUT2D eigenvalue weighted by Crippen LogP contribution is 2.28. The molecule has 1 N–H and O–H groups in total. The van der Waals surface area contributed by atoms with Crippen LogP contribution in [0.1, 0.15) is 25.3 Å². The molecule has 0 radical (unpaired) electrons. The van der Waals surface area contributed by atoms with Gasteiger partial charge in [-0.15, -0.1) is 0 Å². The zero-order valence-corrected chi connectivity index (χ0v) is 10.7. The van der Waals surface area contributed by atoms with Crippen LogP contribution >= 0.6 is 0 Å². The first-order valence-corrected chi connectivity index (χ1v) is 6.45. The number of carbonyl (C=O) groups excluding carboxylic acids is 1. The van der Waals surface area contributed by atoms with Crippen molar-refractivity contribution in [3.63, 3.8) is 0 Å². The number of carbonyl (C=O) groups is 1. The molecule has 18 heavy (non-hydrogen) atoms. The summed E-state index contributed by atoms with van der Waals surface area (Å²) in [5, 5.41) is 3.04. The van der Waals surface area contributed by atoms with E-state index in [0.717, 1.165) is 24.9 Å². The van der Waals surface area contributed by atoms with Crippen LogP contribution in [0.3, 0.4) is 0 Å². The Kier molecular flexibility index (Phi) is 4.31. The van der Waals surface area contributed by atoms with Crippen LogP contribution in [-0.2, 0) is 11.3 Å². The Balaban J connectivity index is 2.00. The lowest BCUT2D eigenvalue weighted by molar-refractivity contribution is -0.131. The lowest BCUT2D eigenvalue weighted by atomic mass is 10.2. The van der Waals surface area contributed by atoms with Crippen LogP contribution in [0.4, 0.5) is 4.39 Å². The van der Waals surface area contributed by atoms with Gasteiger partial charge in [0.15, 0.2) is 0 Å². The zero-order chi connectivity index (χ0) is 13.0. The minimum absolute atomic E-state index is 0.101. The molecule has 0 bridgehead atoms. The fourth-order valence-electron chi connectivity index (χ4n) is 1.97. The van der Waals surface area contributed by atoms with Crippen LogP contribution in [-0.4, -0.2) is 29.9 Å². The van der Waals surface area contributed by atoms with Gasteiger partial charge in [-0.1, -0.05) is 19.1 Å². The van der Waals surface area contributed by atoms with Gasteiger partial charge in [0.1, 0.15) is 5.82 Å². The molecule has 1 aromatic carbocycles. The van der Waals surface area contributed by atoms with E-state index in [4.69, 9.17) is 0 Å². The Bertz CT molecular complexity index is 418. The van der Waals surface area contributed by atoms with Crippen molar-refractivity contribution >= 4 is 5.91 Å². The molecule has 4 heteroatoms. The topological polar surface area (TPSA) is 32.3 Å². The molecule has 3 nitrogen and oxygen atoms in total. The van der Waals surface area contributed by atoms with Crippen molar-refractivity contribution in [3.05, 3.63) is 35.6 Å². The van der Waals surface area contributed by atoms with Crippen molar-refractivity contribution in [2.24, 2.45) is 0 Å². The number of nitrogens with zero attached hydrogens (tertiary/aromatic N) is 1. The number of benzene rings is 1. The van der Waals surface area contributed by atoms with Crippen LogP contribution < -0.4 is 5.32 Å². The fourth-order valence-corrected chi connectivity index (χ4v) is 1.97. The Labute approximate surface area is 107 Å². The molecular formula is C14H19FN2O. The molecule has 0 spiro atoms. The predicted octanol–water partition coefficient (Wildman–Crippen LogP) is 1.93. The second-order valence-corrected chi connectivity index (χ2v) is 4.66. The Morgan fingerprint density at radius 1 is 1.50 bits per heavy atom. The van der Waals surface area contributed by atoms with E-state index < -0.39 is 0 Å². The molecule has 1 aliphatic carbocycles. The number of likely N-dealkylation sites (N-methyl/N-ethyl adjacent to an activating group) is 1. The summed E-state index contributed by atoms with van der Waals surface area (Å²) in [6.45, 7) is 3.63. The first-order chi connectivity index (χ1) is 8.70. The van der Waals surface area contributed by atoms with Crippen LogP contribution in [0.2, 0.25) is 0 Å². The standard InChI is InChI=1S/C14H19FN2O/c1-2-16-9-14(18)17(13-6-7-13)10-11-4-3-5-12(15)8-11/h3-5,8,13,16H,2,6-7,9-10H2,1H3. The Morgan fingerprint density at radius 2 is 2.28 bits per heavy atom. The van der Waals surface area contributed by atoms with Gasteiger partial charge in [-0.25, -0.2) is 4.39 Å². The molecule has 0 heterocycles. The lowest BCUT2D eigenvalue weighted by Crippen LogP contribution is -2.39. The van der Waals surface area contributed by atoms with Gasteiger partial charge in [0.25, 0.3) is 0 Å². The first kappa shape index (κ1) is 13.0. The largest absolute Gasteiger partial charge is 0.334 e. The highest BCUT2D eigenvalue weighted by molar-refractivity contribution is 5.78. The Morgan fingerprint density at radius 3 is 2.89 bits per heavy atom. The smallest absolute Gasteiger partial charge is 0.237 e. The van der Waals surface area contributed by atoms with Crippen molar-refractivity contribution in [2.45, 2.75) is 32.4 Å². The molecule has 98 valence electrons. The lowest BCUT2D eigenvalue weighted by Gasteiger charge is -2.22. The summed E-state index contributed by atoms with van der Waals surface area (Å²) in [7, 11) is 0. The second-order valence-electron chi connectivity index (χ2n) is 4.66. The van der Waals surface area contributed by atoms with E-state index in [0.29, 0.717) is 19.1 Å². The molecule has 1 aliphatic rings. The molecule has 0 atom stereocenters. The third-order valence-electron chi connectivity index (χ3n) is 3.08. The van der Waals surface area contributed by atoms with Crippen LogP contribution in [0.15, 0.2) is 24.3 Å². The number of halogens is 1. The van der Waals surface area contributed by atoms with Crippen molar-refractivity contribution in [3.8, 4) is 0 Å². The summed E-state index contributed by atoms with van der Waals surface area (Å²) in [5.41, 5.74) is 0.853. The van der Waals surface area contributed by atoms with Gasteiger partial charge in [-0.2, -0.15) is 0 Å². The first-order valence-electron chi connectivity index (χ1n) is 6.45. The predicted molar refractivity (Wildman–Crippen MR) is 68.5 cm³/mol. The van der Waals surface area contributed by atoms with E-state index in [9.17, 15) is 9.18 Å². The summed E-state index contributed by atoms with van der Waals surface area (Å²) < 4.78 is 13.1. The van der Waals surface area contributed by atoms with Gasteiger partial charge in [0, 0.05) is 12.6 Å². The molecule has 0 unspecified atom stereocenters. The van der Waals surface area contributed by atoms with E-state index in [-0.39, 0.29) is 11.7 Å². The zero-order valence-electron chi connectivity index (χ0n) is 10.7. The van der Waals surface area contributed by atoms with Gasteiger partial charge in [0.05, 0.1) is 6.54 Å². The van der Waals surface area contributed by atoms with Gasteiger partial charge in [-0.05, 0) is 37.1 Å². The van der Waals surface area contributed by atoms with Gasteiger partial charge in [0.2, 0.25) is 5.91 Å². The summed E-state index contributed by atoms with van der Waals surface area (Å²) >= 11 is 0. The minimum atomic E-state index is -0.248. The number of rotatable bonds is 6. The average molecular weight is 250 g/mol. The van der Waals surface area contributed by atoms with Crippen molar-refractivity contribution in [2.75, 3.05) is 13.1 Å². The van der Waals surface area contributed by atoms with Crippen molar-refractivity contribution in [1.82, 2.24) is 10.2 Å². The van der Waals surface area contributed by atoms with E-state index in [1.807, 2.05) is 17.9 Å². The van der Waals surface area contributed by atoms with Gasteiger partial charge < -0.3 is 10.2 Å². The molecule has 1 saturated carbocycles. The fraction of sp³-hybridized carbons (Fsp3) is 0.500. The average Bonchev–Trinajstić information content (AvgIpc) is 3.17. The SMILES string of the molecule is CCNCC(=O)N(Cc1cccc(F)c1)C1CC1. The molecular weight excluding hydrogens is 231 g/mol. The number of hydrogen-bond acceptors (Lipinski definition) is 2. The molecule has 1 fully saturated rings. The van der Waals surface area contributed by atoms with Crippen molar-refractivity contribution in [1.29, 1.82) is 0 Å². The normalized spacial score (nSPS) is 14.6. The van der Waals surface area contributed by atoms with Crippen molar-refractivity contribution < 1.29 is 9.18 Å². The number of nitrogens with one attached hydrogen (secondary N) is 1. The number of hydrogen-bond donors (Lipinski definition) is 1. The maximum absolute atomic E-state index is 13.1. The second kappa shape index (κ2) is 5.96. The molecule has 2 rings (SSSR count). The monoisotopic (exact) mass is 250 g/mol. The maximum atomic E-state index is 13.1. The van der Waals surface area contributed by atoms with Crippen LogP contribution in [0.5, 0.6) is 0 Å². The van der Waals surface area contributed by atoms with Gasteiger partial charge in [-0.3, -0.25) is 4.79 Å². The van der Waals surface area contributed by atoms with Crippen LogP contribution in [0.25, 0.3) is 0 Å². The Hall–Kier alpha value is -1.42. The minimum Gasteiger partial charge on any atom is -0.334 e. The number of amides is 1. The van der Waals surface area contributed by atoms with Crippen LogP contribution in [0, 0.1) is 5.82 Å².